The molecule has 2 rings (SSSR count). The molecule has 20 heavy (non-hydrogen) atoms. The number of aldehydes is 1. The maximum atomic E-state index is 11.0. The van der Waals surface area contributed by atoms with E-state index in [4.69, 9.17) is 0 Å². The summed E-state index contributed by atoms with van der Waals surface area (Å²) in [6, 6.07) is 4.48. The van der Waals surface area contributed by atoms with Crippen LogP contribution >= 0.6 is 0 Å². The predicted molar refractivity (Wildman–Crippen MR) is 74.4 cm³/mol. The molecule has 0 fully saturated rings. The fourth-order valence-electron chi connectivity index (χ4n) is 1.72. The van der Waals surface area contributed by atoms with Gasteiger partial charge in [-0.3, -0.25) is 19.6 Å². The van der Waals surface area contributed by atoms with Crippen molar-refractivity contribution < 1.29 is 9.72 Å². The molecule has 0 radical (unpaired) electrons. The fraction of sp³-hybridized carbons (Fsp3) is 0.231. The summed E-state index contributed by atoms with van der Waals surface area (Å²) in [5, 5.41) is 18.1. The molecule has 0 amide bonds. The Morgan fingerprint density at radius 3 is 2.75 bits per heavy atom. The van der Waals surface area contributed by atoms with Crippen molar-refractivity contribution in [2.24, 2.45) is 0 Å². The van der Waals surface area contributed by atoms with E-state index in [-0.39, 0.29) is 17.3 Å². The first kappa shape index (κ1) is 13.7. The minimum Gasteiger partial charge on any atom is -0.347 e. The highest BCUT2D eigenvalue weighted by Gasteiger charge is 2.15. The van der Waals surface area contributed by atoms with E-state index in [9.17, 15) is 14.9 Å². The number of carbonyl (C=O) groups excluding carboxylic acids is 1. The highest BCUT2D eigenvalue weighted by Crippen LogP contribution is 2.28. The smallest absolute Gasteiger partial charge is 0.293 e. The van der Waals surface area contributed by atoms with Crippen LogP contribution in [-0.4, -0.2) is 21.0 Å². The number of benzene rings is 1. The number of anilines is 2. The van der Waals surface area contributed by atoms with E-state index in [1.807, 2.05) is 13.8 Å². The lowest BCUT2D eigenvalue weighted by molar-refractivity contribution is -0.383. The molecule has 0 aliphatic rings. The van der Waals surface area contributed by atoms with Crippen molar-refractivity contribution >= 4 is 23.3 Å². The molecular formula is C13H14N4O3. The van der Waals surface area contributed by atoms with Crippen molar-refractivity contribution in [2.75, 3.05) is 5.32 Å². The van der Waals surface area contributed by atoms with E-state index < -0.39 is 4.92 Å². The Morgan fingerprint density at radius 2 is 2.20 bits per heavy atom. The maximum Gasteiger partial charge on any atom is 0.293 e. The van der Waals surface area contributed by atoms with Crippen LogP contribution in [0, 0.1) is 10.1 Å². The third-order valence-corrected chi connectivity index (χ3v) is 2.76. The summed E-state index contributed by atoms with van der Waals surface area (Å²) in [5.41, 5.74) is 1.09. The molecule has 7 heteroatoms. The van der Waals surface area contributed by atoms with Gasteiger partial charge in [-0.25, -0.2) is 0 Å². The Kier molecular flexibility index (Phi) is 3.79. The summed E-state index contributed by atoms with van der Waals surface area (Å²) in [4.78, 5) is 21.2. The zero-order chi connectivity index (χ0) is 14.7. The van der Waals surface area contributed by atoms with Crippen molar-refractivity contribution in [2.45, 2.75) is 19.9 Å². The Bertz CT molecular complexity index is 649. The molecule has 104 valence electrons. The van der Waals surface area contributed by atoms with Crippen LogP contribution in [0.25, 0.3) is 0 Å². The lowest BCUT2D eigenvalue weighted by atomic mass is 10.2. The predicted octanol–water partition coefficient (Wildman–Crippen LogP) is 2.93. The van der Waals surface area contributed by atoms with Crippen LogP contribution in [0.15, 0.2) is 30.6 Å². The van der Waals surface area contributed by atoms with E-state index in [1.54, 1.807) is 17.1 Å². The number of carbonyl (C=O) groups is 1. The molecule has 7 nitrogen and oxygen atoms in total. The minimum absolute atomic E-state index is 0.146. The van der Waals surface area contributed by atoms with Gasteiger partial charge in [0.25, 0.3) is 5.69 Å². The van der Waals surface area contributed by atoms with Crippen LogP contribution in [0.5, 0.6) is 0 Å². The van der Waals surface area contributed by atoms with Gasteiger partial charge in [0.05, 0.1) is 16.8 Å². The summed E-state index contributed by atoms with van der Waals surface area (Å²) in [7, 11) is 0. The third-order valence-electron chi connectivity index (χ3n) is 2.76. The molecule has 1 heterocycles. The highest BCUT2D eigenvalue weighted by atomic mass is 16.6. The van der Waals surface area contributed by atoms with Crippen LogP contribution < -0.4 is 5.32 Å². The average molecular weight is 274 g/mol. The van der Waals surface area contributed by atoms with Gasteiger partial charge in [-0.05, 0) is 26.0 Å². The monoisotopic (exact) mass is 274 g/mol. The van der Waals surface area contributed by atoms with Gasteiger partial charge < -0.3 is 5.32 Å². The zero-order valence-corrected chi connectivity index (χ0v) is 11.1. The number of rotatable bonds is 5. The van der Waals surface area contributed by atoms with E-state index >= 15 is 0 Å². The Hall–Kier alpha value is -2.70. The Balaban J connectivity index is 2.32. The molecule has 0 aliphatic heterocycles. The summed E-state index contributed by atoms with van der Waals surface area (Å²) >= 11 is 0. The molecule has 0 spiro atoms. The zero-order valence-electron chi connectivity index (χ0n) is 11.1. The molecule has 1 aromatic carbocycles. The van der Waals surface area contributed by atoms with Crippen LogP contribution in [-0.2, 0) is 0 Å². The number of nitro groups is 1. The quantitative estimate of drug-likeness (QED) is 0.514. The van der Waals surface area contributed by atoms with Crippen LogP contribution in [0.3, 0.4) is 0 Å². The molecule has 0 saturated heterocycles. The van der Waals surface area contributed by atoms with Gasteiger partial charge in [-0.1, -0.05) is 0 Å². The van der Waals surface area contributed by atoms with Crippen molar-refractivity contribution in [3.05, 3.63) is 46.3 Å². The van der Waals surface area contributed by atoms with Crippen LogP contribution in [0.4, 0.5) is 17.1 Å². The van der Waals surface area contributed by atoms with E-state index in [0.717, 1.165) is 0 Å². The van der Waals surface area contributed by atoms with Gasteiger partial charge in [0.1, 0.15) is 12.0 Å². The molecule has 0 aliphatic carbocycles. The lowest BCUT2D eigenvalue weighted by Crippen LogP contribution is -2.00. The summed E-state index contributed by atoms with van der Waals surface area (Å²) in [6.07, 6.45) is 3.94. The Morgan fingerprint density at radius 1 is 1.45 bits per heavy atom. The topological polar surface area (TPSA) is 90.1 Å². The third kappa shape index (κ3) is 2.82. The van der Waals surface area contributed by atoms with Crippen LogP contribution in [0.1, 0.15) is 30.2 Å². The maximum absolute atomic E-state index is 11.0. The second-order valence-corrected chi connectivity index (χ2v) is 4.58. The summed E-state index contributed by atoms with van der Waals surface area (Å²) in [6.45, 7) is 3.97. The number of hydrogen-bond donors (Lipinski definition) is 1. The first-order valence-corrected chi connectivity index (χ1v) is 6.06. The van der Waals surface area contributed by atoms with E-state index in [2.05, 4.69) is 10.4 Å². The van der Waals surface area contributed by atoms with Gasteiger partial charge >= 0.3 is 0 Å². The van der Waals surface area contributed by atoms with Crippen molar-refractivity contribution in [1.29, 1.82) is 0 Å². The van der Waals surface area contributed by atoms with E-state index in [0.29, 0.717) is 17.7 Å². The molecular weight excluding hydrogens is 260 g/mol. The number of nitro benzene ring substituents is 1. The second kappa shape index (κ2) is 5.52. The molecule has 2 aromatic rings. The van der Waals surface area contributed by atoms with Crippen molar-refractivity contribution in [3.63, 3.8) is 0 Å². The molecule has 0 atom stereocenters. The molecule has 0 bridgehead atoms. The fourth-order valence-corrected chi connectivity index (χ4v) is 1.72. The van der Waals surface area contributed by atoms with Gasteiger partial charge in [-0.15, -0.1) is 0 Å². The molecule has 1 N–H and O–H groups in total. The number of nitrogens with one attached hydrogen (secondary N) is 1. The normalized spacial score (nSPS) is 10.6. The Labute approximate surface area is 115 Å². The van der Waals surface area contributed by atoms with Gasteiger partial charge in [0.15, 0.2) is 0 Å². The summed E-state index contributed by atoms with van der Waals surface area (Å²) in [5.74, 6) is 0. The second-order valence-electron chi connectivity index (χ2n) is 4.58. The van der Waals surface area contributed by atoms with Gasteiger partial charge in [-0.2, -0.15) is 5.10 Å². The highest BCUT2D eigenvalue weighted by molar-refractivity contribution is 5.80. The molecule has 0 unspecified atom stereocenters. The first-order valence-electron chi connectivity index (χ1n) is 6.06. The van der Waals surface area contributed by atoms with E-state index in [1.165, 1.54) is 18.2 Å². The average Bonchev–Trinajstić information content (AvgIpc) is 2.87. The van der Waals surface area contributed by atoms with Gasteiger partial charge in [0, 0.05) is 23.9 Å². The number of aromatic nitrogens is 2. The van der Waals surface area contributed by atoms with Crippen molar-refractivity contribution in [1.82, 2.24) is 9.78 Å². The van der Waals surface area contributed by atoms with Crippen molar-refractivity contribution in [3.8, 4) is 0 Å². The minimum atomic E-state index is -0.526. The number of nitrogens with zero attached hydrogens (tertiary/aromatic N) is 3. The SMILES string of the molecule is CC(C)n1cc(Nc2ccc(C=O)cc2[N+](=O)[O-])cn1. The number of hydrogen-bond acceptors (Lipinski definition) is 5. The molecule has 1 aromatic heterocycles. The van der Waals surface area contributed by atoms with Crippen LogP contribution in [0.2, 0.25) is 0 Å². The lowest BCUT2D eigenvalue weighted by Gasteiger charge is -2.06. The van der Waals surface area contributed by atoms with Gasteiger partial charge in [0.2, 0.25) is 0 Å². The molecule has 0 saturated carbocycles. The first-order chi connectivity index (χ1) is 9.51. The largest absolute Gasteiger partial charge is 0.347 e. The summed E-state index contributed by atoms with van der Waals surface area (Å²) < 4.78 is 1.74. The standard InChI is InChI=1S/C13H14N4O3/c1-9(2)16-7-11(6-14-16)15-12-4-3-10(8-18)5-13(12)17(19)20/h3-9,15H,1-2H3.